The molecule has 1 amide bonds. The molecule has 2 N–H and O–H groups in total. The molecule has 0 saturated carbocycles. The van der Waals surface area contributed by atoms with Gasteiger partial charge >= 0.3 is 0 Å². The molecule has 2 aromatic heterocycles. The summed E-state index contributed by atoms with van der Waals surface area (Å²) in [4.78, 5) is 11.7. The Kier molecular flexibility index (Phi) is 2.71. The average molecular weight is 317 g/mol. The number of anilines is 1. The molecule has 0 aromatic carbocycles. The van der Waals surface area contributed by atoms with Crippen molar-refractivity contribution >= 4 is 34.2 Å². The average Bonchev–Trinajstić information content (AvgIpc) is 2.79. The van der Waals surface area contributed by atoms with Crippen LogP contribution in [0.5, 0.6) is 0 Å². The number of nitrogens with one attached hydrogen (secondary N) is 2. The first-order valence-corrected chi connectivity index (χ1v) is 5.24. The van der Waals surface area contributed by atoms with Crippen LogP contribution in [0.4, 0.5) is 5.69 Å². The van der Waals surface area contributed by atoms with E-state index in [0.717, 1.165) is 3.70 Å². The summed E-state index contributed by atoms with van der Waals surface area (Å²) in [7, 11) is 1.79. The second kappa shape index (κ2) is 4.01. The van der Waals surface area contributed by atoms with Crippen LogP contribution in [0.3, 0.4) is 0 Å². The van der Waals surface area contributed by atoms with Crippen molar-refractivity contribution in [3.05, 3.63) is 27.9 Å². The molecular formula is C8H8IN5O. The number of aromatic nitrogens is 4. The van der Waals surface area contributed by atoms with E-state index in [0.29, 0.717) is 11.3 Å². The van der Waals surface area contributed by atoms with Gasteiger partial charge in [0.15, 0.2) is 0 Å². The smallest absolute Gasteiger partial charge is 0.260 e. The molecule has 0 saturated heterocycles. The summed E-state index contributed by atoms with van der Waals surface area (Å²) in [6.07, 6.45) is 4.69. The van der Waals surface area contributed by atoms with Crippen molar-refractivity contribution in [3.63, 3.8) is 0 Å². The van der Waals surface area contributed by atoms with E-state index in [-0.39, 0.29) is 5.91 Å². The molecule has 0 atom stereocenters. The van der Waals surface area contributed by atoms with Gasteiger partial charge in [0, 0.05) is 13.2 Å². The van der Waals surface area contributed by atoms with E-state index in [1.165, 1.54) is 6.20 Å². The SMILES string of the molecule is Cn1ncc(C(=O)Nc2cn[nH]c2)c1I. The Morgan fingerprint density at radius 2 is 2.40 bits per heavy atom. The number of aryl methyl sites for hydroxylation is 1. The number of carbonyl (C=O) groups excluding carboxylic acids is 1. The maximum absolute atomic E-state index is 11.7. The first-order valence-electron chi connectivity index (χ1n) is 4.16. The number of amides is 1. The van der Waals surface area contributed by atoms with E-state index in [2.05, 4.69) is 43.2 Å². The number of hydrogen-bond acceptors (Lipinski definition) is 3. The molecule has 0 aliphatic rings. The molecule has 2 aromatic rings. The molecule has 0 aliphatic carbocycles. The minimum absolute atomic E-state index is 0.186. The number of halogens is 1. The van der Waals surface area contributed by atoms with Crippen LogP contribution in [0.1, 0.15) is 10.4 Å². The topological polar surface area (TPSA) is 75.6 Å². The Bertz CT molecular complexity index is 475. The molecule has 0 spiro atoms. The summed E-state index contributed by atoms with van der Waals surface area (Å²) in [5.41, 5.74) is 1.19. The van der Waals surface area contributed by atoms with Crippen LogP contribution in [0, 0.1) is 3.70 Å². The minimum atomic E-state index is -0.186. The van der Waals surface area contributed by atoms with E-state index in [1.807, 2.05) is 0 Å². The summed E-state index contributed by atoms with van der Waals surface area (Å²) in [6, 6.07) is 0. The van der Waals surface area contributed by atoms with Gasteiger partial charge in [-0.15, -0.1) is 0 Å². The quantitative estimate of drug-likeness (QED) is 0.812. The highest BCUT2D eigenvalue weighted by atomic mass is 127. The standard InChI is InChI=1S/C8H8IN5O/c1-14-7(9)6(4-12-14)8(15)13-5-2-10-11-3-5/h2-4H,1H3,(H,10,11)(H,13,15). The fraction of sp³-hybridized carbons (Fsp3) is 0.125. The molecule has 6 nitrogen and oxygen atoms in total. The monoisotopic (exact) mass is 317 g/mol. The number of H-pyrrole nitrogens is 1. The lowest BCUT2D eigenvalue weighted by Gasteiger charge is -2.00. The van der Waals surface area contributed by atoms with Crippen molar-refractivity contribution < 1.29 is 4.79 Å². The van der Waals surface area contributed by atoms with E-state index in [1.54, 1.807) is 24.1 Å². The van der Waals surface area contributed by atoms with Gasteiger partial charge in [-0.2, -0.15) is 10.2 Å². The molecular weight excluding hydrogens is 309 g/mol. The lowest BCUT2D eigenvalue weighted by Crippen LogP contribution is -2.12. The molecule has 0 bridgehead atoms. The largest absolute Gasteiger partial charge is 0.319 e. The molecule has 7 heteroatoms. The van der Waals surface area contributed by atoms with Gasteiger partial charge in [0.1, 0.15) is 3.70 Å². The fourth-order valence-electron chi connectivity index (χ4n) is 1.09. The Balaban J connectivity index is 2.19. The van der Waals surface area contributed by atoms with E-state index in [4.69, 9.17) is 0 Å². The molecule has 0 aliphatic heterocycles. The molecule has 15 heavy (non-hydrogen) atoms. The predicted octanol–water partition coefficient (Wildman–Crippen LogP) is 1.00. The summed E-state index contributed by atoms with van der Waals surface area (Å²) in [5, 5.41) is 13.0. The van der Waals surface area contributed by atoms with Gasteiger partial charge in [0.25, 0.3) is 5.91 Å². The highest BCUT2D eigenvalue weighted by Crippen LogP contribution is 2.12. The van der Waals surface area contributed by atoms with E-state index < -0.39 is 0 Å². The Morgan fingerprint density at radius 1 is 1.60 bits per heavy atom. The first-order chi connectivity index (χ1) is 7.18. The number of carbonyl (C=O) groups is 1. The van der Waals surface area contributed by atoms with Crippen molar-refractivity contribution in [1.82, 2.24) is 20.0 Å². The summed E-state index contributed by atoms with van der Waals surface area (Å²) < 4.78 is 2.44. The third-order valence-corrected chi connectivity index (χ3v) is 3.15. The zero-order valence-corrected chi connectivity index (χ0v) is 10.0. The maximum atomic E-state index is 11.7. The Hall–Kier alpha value is -1.38. The number of rotatable bonds is 2. The second-order valence-corrected chi connectivity index (χ2v) is 3.94. The zero-order chi connectivity index (χ0) is 10.8. The third kappa shape index (κ3) is 2.01. The second-order valence-electron chi connectivity index (χ2n) is 2.91. The van der Waals surface area contributed by atoms with Crippen molar-refractivity contribution in [1.29, 1.82) is 0 Å². The maximum Gasteiger partial charge on any atom is 0.260 e. The van der Waals surface area contributed by atoms with Gasteiger partial charge in [-0.3, -0.25) is 14.6 Å². The molecule has 78 valence electrons. The van der Waals surface area contributed by atoms with Crippen molar-refractivity contribution in [3.8, 4) is 0 Å². The zero-order valence-electron chi connectivity index (χ0n) is 7.86. The van der Waals surface area contributed by atoms with Gasteiger partial charge in [0.05, 0.1) is 23.6 Å². The van der Waals surface area contributed by atoms with Gasteiger partial charge in [0.2, 0.25) is 0 Å². The molecule has 0 fully saturated rings. The molecule has 0 unspecified atom stereocenters. The van der Waals surface area contributed by atoms with Gasteiger partial charge in [-0.1, -0.05) is 0 Å². The summed E-state index contributed by atoms with van der Waals surface area (Å²) in [6.45, 7) is 0. The van der Waals surface area contributed by atoms with Crippen molar-refractivity contribution in [2.45, 2.75) is 0 Å². The number of hydrogen-bond donors (Lipinski definition) is 2. The molecule has 0 radical (unpaired) electrons. The third-order valence-electron chi connectivity index (χ3n) is 1.87. The van der Waals surface area contributed by atoms with E-state index >= 15 is 0 Å². The number of aromatic amines is 1. The lowest BCUT2D eigenvalue weighted by molar-refractivity contribution is 0.102. The van der Waals surface area contributed by atoms with Crippen LogP contribution in [0.15, 0.2) is 18.6 Å². The summed E-state index contributed by atoms with van der Waals surface area (Å²) >= 11 is 2.07. The fourth-order valence-corrected chi connectivity index (χ4v) is 1.60. The highest BCUT2D eigenvalue weighted by Gasteiger charge is 2.14. The van der Waals surface area contributed by atoms with Gasteiger partial charge in [-0.25, -0.2) is 0 Å². The van der Waals surface area contributed by atoms with Crippen LogP contribution >= 0.6 is 22.6 Å². The summed E-state index contributed by atoms with van der Waals surface area (Å²) in [5.74, 6) is -0.186. The normalized spacial score (nSPS) is 10.3. The Morgan fingerprint density at radius 3 is 2.93 bits per heavy atom. The van der Waals surface area contributed by atoms with Crippen LogP contribution in [-0.4, -0.2) is 25.9 Å². The lowest BCUT2D eigenvalue weighted by atomic mass is 10.3. The van der Waals surface area contributed by atoms with E-state index in [9.17, 15) is 4.79 Å². The van der Waals surface area contributed by atoms with Gasteiger partial charge in [-0.05, 0) is 22.6 Å². The predicted molar refractivity (Wildman–Crippen MR) is 62.5 cm³/mol. The van der Waals surface area contributed by atoms with Crippen molar-refractivity contribution in [2.75, 3.05) is 5.32 Å². The minimum Gasteiger partial charge on any atom is -0.319 e. The van der Waals surface area contributed by atoms with Crippen molar-refractivity contribution in [2.24, 2.45) is 7.05 Å². The number of nitrogens with zero attached hydrogens (tertiary/aromatic N) is 3. The van der Waals surface area contributed by atoms with Gasteiger partial charge < -0.3 is 5.32 Å². The highest BCUT2D eigenvalue weighted by molar-refractivity contribution is 14.1. The van der Waals surface area contributed by atoms with Crippen LogP contribution in [-0.2, 0) is 7.05 Å². The Labute approximate surface area is 99.2 Å². The first kappa shape index (κ1) is 10.1. The van der Waals surface area contributed by atoms with Crippen LogP contribution in [0.2, 0.25) is 0 Å². The molecule has 2 heterocycles. The van der Waals surface area contributed by atoms with Crippen LogP contribution in [0.25, 0.3) is 0 Å². The van der Waals surface area contributed by atoms with Crippen LogP contribution < -0.4 is 5.32 Å². The molecule has 2 rings (SSSR count).